The largest absolute Gasteiger partial charge is 0.496 e. The number of hydrogen-bond donors (Lipinski definition) is 2. The maximum Gasteiger partial charge on any atom is 0.122 e. The van der Waals surface area contributed by atoms with E-state index in [0.717, 1.165) is 38.1 Å². The summed E-state index contributed by atoms with van der Waals surface area (Å²) in [4.78, 5) is 0. The number of rotatable bonds is 4. The Balaban J connectivity index is 2.08. The Kier molecular flexibility index (Phi) is 4.61. The van der Waals surface area contributed by atoms with E-state index in [1.807, 2.05) is 6.07 Å². The third-order valence-corrected chi connectivity index (χ3v) is 3.79. The van der Waals surface area contributed by atoms with Crippen LogP contribution in [0.3, 0.4) is 0 Å². The predicted molar refractivity (Wildman–Crippen MR) is 73.1 cm³/mol. The first-order valence-corrected chi connectivity index (χ1v) is 6.79. The monoisotopic (exact) mass is 249 g/mol. The predicted octanol–water partition coefficient (Wildman–Crippen LogP) is 1.77. The van der Waals surface area contributed by atoms with Crippen molar-refractivity contribution in [2.45, 2.75) is 32.3 Å². The minimum atomic E-state index is -0.168. The van der Waals surface area contributed by atoms with Gasteiger partial charge in [-0.25, -0.2) is 0 Å². The van der Waals surface area contributed by atoms with Crippen molar-refractivity contribution in [1.29, 1.82) is 0 Å². The van der Waals surface area contributed by atoms with Gasteiger partial charge in [-0.2, -0.15) is 0 Å². The third kappa shape index (κ3) is 3.03. The number of aryl methyl sites for hydroxylation is 1. The van der Waals surface area contributed by atoms with Gasteiger partial charge in [0, 0.05) is 12.5 Å². The highest BCUT2D eigenvalue weighted by molar-refractivity contribution is 5.37. The van der Waals surface area contributed by atoms with Crippen molar-refractivity contribution in [3.05, 3.63) is 29.3 Å². The van der Waals surface area contributed by atoms with Gasteiger partial charge >= 0.3 is 0 Å². The van der Waals surface area contributed by atoms with Crippen LogP contribution in [0, 0.1) is 5.92 Å². The summed E-state index contributed by atoms with van der Waals surface area (Å²) in [7, 11) is 1.71. The fraction of sp³-hybridized carbons (Fsp3) is 0.600. The summed E-state index contributed by atoms with van der Waals surface area (Å²) in [6, 6.07) is 6.36. The van der Waals surface area contributed by atoms with Crippen LogP contribution in [-0.2, 0) is 12.8 Å². The Morgan fingerprint density at radius 1 is 1.44 bits per heavy atom. The molecule has 100 valence electrons. The number of ether oxygens (including phenoxy) is 1. The molecule has 0 aromatic heterocycles. The van der Waals surface area contributed by atoms with Crippen LogP contribution in [0.5, 0.6) is 5.75 Å². The van der Waals surface area contributed by atoms with E-state index in [4.69, 9.17) is 4.74 Å². The topological polar surface area (TPSA) is 41.5 Å². The first kappa shape index (κ1) is 13.4. The van der Waals surface area contributed by atoms with Gasteiger partial charge in [-0.15, -0.1) is 0 Å². The quantitative estimate of drug-likeness (QED) is 0.854. The van der Waals surface area contributed by atoms with Crippen LogP contribution < -0.4 is 10.1 Å². The highest BCUT2D eigenvalue weighted by Gasteiger charge is 2.23. The van der Waals surface area contributed by atoms with Crippen molar-refractivity contribution in [3.8, 4) is 5.75 Å². The van der Waals surface area contributed by atoms with Crippen molar-refractivity contribution in [1.82, 2.24) is 5.32 Å². The smallest absolute Gasteiger partial charge is 0.122 e. The first-order valence-electron chi connectivity index (χ1n) is 6.79. The zero-order valence-electron chi connectivity index (χ0n) is 11.3. The van der Waals surface area contributed by atoms with Crippen molar-refractivity contribution in [3.63, 3.8) is 0 Å². The number of hydrogen-bond acceptors (Lipinski definition) is 3. The summed E-state index contributed by atoms with van der Waals surface area (Å²) in [6.45, 7) is 3.98. The fourth-order valence-electron chi connectivity index (χ4n) is 2.66. The SMILES string of the molecule is CCc1cc(CC2CNCCC2O)ccc1OC. The van der Waals surface area contributed by atoms with Crippen LogP contribution in [0.2, 0.25) is 0 Å². The van der Waals surface area contributed by atoms with E-state index < -0.39 is 0 Å². The van der Waals surface area contributed by atoms with Gasteiger partial charge in [-0.05, 0) is 43.0 Å². The van der Waals surface area contributed by atoms with Gasteiger partial charge in [0.05, 0.1) is 13.2 Å². The molecule has 1 saturated heterocycles. The molecule has 0 spiro atoms. The lowest BCUT2D eigenvalue weighted by molar-refractivity contribution is 0.0791. The van der Waals surface area contributed by atoms with Crippen molar-refractivity contribution >= 4 is 0 Å². The number of nitrogens with one attached hydrogen (secondary N) is 1. The summed E-state index contributed by atoms with van der Waals surface area (Å²) in [5.41, 5.74) is 2.54. The van der Waals surface area contributed by atoms with Gasteiger partial charge in [0.2, 0.25) is 0 Å². The molecular weight excluding hydrogens is 226 g/mol. The molecule has 1 aliphatic heterocycles. The second-order valence-corrected chi connectivity index (χ2v) is 5.02. The minimum absolute atomic E-state index is 0.168. The number of benzene rings is 1. The minimum Gasteiger partial charge on any atom is -0.496 e. The van der Waals surface area contributed by atoms with Gasteiger partial charge in [0.1, 0.15) is 5.75 Å². The van der Waals surface area contributed by atoms with Crippen molar-refractivity contribution < 1.29 is 9.84 Å². The molecule has 0 aliphatic carbocycles. The molecule has 0 radical (unpaired) electrons. The number of methoxy groups -OCH3 is 1. The Bertz CT molecular complexity index is 392. The Morgan fingerprint density at radius 3 is 2.94 bits per heavy atom. The molecule has 18 heavy (non-hydrogen) atoms. The van der Waals surface area contributed by atoms with Gasteiger partial charge in [-0.3, -0.25) is 0 Å². The van der Waals surface area contributed by atoms with Crippen LogP contribution in [0.15, 0.2) is 18.2 Å². The average Bonchev–Trinajstić information content (AvgIpc) is 2.41. The molecule has 1 aromatic rings. The summed E-state index contributed by atoms with van der Waals surface area (Å²) in [5.74, 6) is 1.29. The van der Waals surface area contributed by atoms with E-state index in [1.165, 1.54) is 11.1 Å². The highest BCUT2D eigenvalue weighted by atomic mass is 16.5. The zero-order chi connectivity index (χ0) is 13.0. The maximum absolute atomic E-state index is 9.99. The van der Waals surface area contributed by atoms with E-state index in [1.54, 1.807) is 7.11 Å². The molecule has 2 rings (SSSR count). The lowest BCUT2D eigenvalue weighted by atomic mass is 9.89. The Morgan fingerprint density at radius 2 is 2.28 bits per heavy atom. The molecule has 2 N–H and O–H groups in total. The van der Waals surface area contributed by atoms with Crippen LogP contribution in [0.1, 0.15) is 24.5 Å². The molecule has 2 unspecified atom stereocenters. The molecular formula is C15H23NO2. The molecule has 0 saturated carbocycles. The second kappa shape index (κ2) is 6.21. The molecule has 1 heterocycles. The third-order valence-electron chi connectivity index (χ3n) is 3.79. The van der Waals surface area contributed by atoms with E-state index in [0.29, 0.717) is 5.92 Å². The van der Waals surface area contributed by atoms with Gasteiger partial charge in [0.15, 0.2) is 0 Å². The molecule has 1 aromatic carbocycles. The van der Waals surface area contributed by atoms with Gasteiger partial charge in [0.25, 0.3) is 0 Å². The Hall–Kier alpha value is -1.06. The molecule has 1 aliphatic rings. The van der Waals surface area contributed by atoms with E-state index in [-0.39, 0.29) is 6.10 Å². The molecule has 3 heteroatoms. The van der Waals surface area contributed by atoms with Crippen LogP contribution in [0.4, 0.5) is 0 Å². The van der Waals surface area contributed by atoms with E-state index in [9.17, 15) is 5.11 Å². The number of aliphatic hydroxyl groups excluding tert-OH is 1. The standard InChI is InChI=1S/C15H23NO2/c1-3-12-8-11(4-5-15(12)18-2)9-13-10-16-7-6-14(13)17/h4-5,8,13-14,16-17H,3,6-7,9-10H2,1-2H3. The molecule has 0 amide bonds. The second-order valence-electron chi connectivity index (χ2n) is 5.02. The highest BCUT2D eigenvalue weighted by Crippen LogP contribution is 2.23. The van der Waals surface area contributed by atoms with E-state index in [2.05, 4.69) is 24.4 Å². The molecule has 3 nitrogen and oxygen atoms in total. The summed E-state index contributed by atoms with van der Waals surface area (Å²) >= 11 is 0. The molecule has 2 atom stereocenters. The number of piperidine rings is 1. The van der Waals surface area contributed by atoms with Crippen LogP contribution in [0.25, 0.3) is 0 Å². The van der Waals surface area contributed by atoms with Crippen LogP contribution in [-0.4, -0.2) is 31.4 Å². The van der Waals surface area contributed by atoms with E-state index >= 15 is 0 Å². The fourth-order valence-corrected chi connectivity index (χ4v) is 2.66. The summed E-state index contributed by atoms with van der Waals surface area (Å²) in [5, 5.41) is 13.3. The average molecular weight is 249 g/mol. The van der Waals surface area contributed by atoms with Gasteiger partial charge < -0.3 is 15.2 Å². The first-order chi connectivity index (χ1) is 8.74. The molecule has 0 bridgehead atoms. The zero-order valence-corrected chi connectivity index (χ0v) is 11.3. The molecule has 1 fully saturated rings. The normalized spacial score (nSPS) is 23.9. The number of aliphatic hydroxyl groups is 1. The summed E-state index contributed by atoms with van der Waals surface area (Å²) in [6.07, 6.45) is 2.60. The van der Waals surface area contributed by atoms with Crippen molar-refractivity contribution in [2.24, 2.45) is 5.92 Å². The van der Waals surface area contributed by atoms with Crippen molar-refractivity contribution in [2.75, 3.05) is 20.2 Å². The van der Waals surface area contributed by atoms with Gasteiger partial charge in [-0.1, -0.05) is 19.1 Å². The van der Waals surface area contributed by atoms with Crippen LogP contribution >= 0.6 is 0 Å². The summed E-state index contributed by atoms with van der Waals surface area (Å²) < 4.78 is 5.34. The maximum atomic E-state index is 9.99. The lowest BCUT2D eigenvalue weighted by Crippen LogP contribution is -2.40. The lowest BCUT2D eigenvalue weighted by Gasteiger charge is -2.28. The Labute approximate surface area is 109 Å².